The molecule has 14 heavy (non-hydrogen) atoms. The van der Waals surface area contributed by atoms with Gasteiger partial charge in [0.15, 0.2) is 0 Å². The number of hydrogen-bond donors (Lipinski definition) is 0. The summed E-state index contributed by atoms with van der Waals surface area (Å²) >= 11 is 0. The smallest absolute Gasteiger partial charge is 0.118 e. The monoisotopic (exact) mass is 437 g/mol. The van der Waals surface area contributed by atoms with E-state index in [1.807, 2.05) is 24.3 Å². The molecule has 0 N–H and O–H groups in total. The van der Waals surface area contributed by atoms with Crippen molar-refractivity contribution in [1.82, 2.24) is 0 Å². The van der Waals surface area contributed by atoms with Crippen molar-refractivity contribution in [2.45, 2.75) is 0 Å². The Balaban J connectivity index is 0. The fourth-order valence-electron chi connectivity index (χ4n) is 0.889. The van der Waals surface area contributed by atoms with Gasteiger partial charge in [0.25, 0.3) is 0 Å². The first-order valence-corrected chi connectivity index (χ1v) is 3.81. The first kappa shape index (κ1) is 17.0. The van der Waals surface area contributed by atoms with Gasteiger partial charge in [-0.1, -0.05) is 6.07 Å². The van der Waals surface area contributed by atoms with Crippen LogP contribution in [0.15, 0.2) is 24.3 Å². The molecular weight excluding hydrogens is 425 g/mol. The van der Waals surface area contributed by atoms with Gasteiger partial charge in [-0.25, -0.2) is 0 Å². The van der Waals surface area contributed by atoms with Crippen LogP contribution >= 0.6 is 0 Å². The van der Waals surface area contributed by atoms with Crippen LogP contribution < -0.4 is 9.47 Å². The van der Waals surface area contributed by atoms with E-state index < -0.39 is 0 Å². The molecule has 0 spiro atoms. The molecule has 0 atom stereocenters. The van der Waals surface area contributed by atoms with Crippen LogP contribution in [0.4, 0.5) is 0 Å². The molecule has 0 aromatic heterocycles. The Morgan fingerprint density at radius 1 is 1.00 bits per heavy atom. The zero-order valence-electron chi connectivity index (χ0n) is 7.94. The fourth-order valence-corrected chi connectivity index (χ4v) is 0.889. The van der Waals surface area contributed by atoms with E-state index in [1.165, 1.54) is 0 Å². The van der Waals surface area contributed by atoms with Crippen molar-refractivity contribution in [2.24, 2.45) is 0 Å². The molecule has 1 radical (unpaired) electrons. The van der Waals surface area contributed by atoms with Gasteiger partial charge in [0.1, 0.15) is 11.5 Å². The van der Waals surface area contributed by atoms with Crippen LogP contribution in [0.3, 0.4) is 0 Å². The van der Waals surface area contributed by atoms with Crippen molar-refractivity contribution in [3.63, 3.8) is 0 Å². The Morgan fingerprint density at radius 2 is 1.43 bits per heavy atom. The van der Waals surface area contributed by atoms with Gasteiger partial charge in [0, 0.05) is 59.8 Å². The quantitative estimate of drug-likeness (QED) is 0.673. The molecule has 1 aromatic rings. The van der Waals surface area contributed by atoms with Gasteiger partial charge in [0.2, 0.25) is 0 Å². The van der Waals surface area contributed by atoms with Crippen LogP contribution in [-0.2, 0) is 53.8 Å². The molecule has 2 nitrogen and oxygen atoms in total. The average Bonchev–Trinajstić information content (AvgIpc) is 2.06. The molecule has 0 saturated heterocycles. The van der Waals surface area contributed by atoms with E-state index in [-0.39, 0.29) is 53.8 Å². The number of rotatable bonds is 4. The molecule has 0 fully saturated rings. The minimum atomic E-state index is 0. The maximum Gasteiger partial charge on any atom is 0.118 e. The molecule has 0 aliphatic rings. The second kappa shape index (κ2) is 10.1. The molecule has 0 aliphatic heterocycles. The predicted molar refractivity (Wildman–Crippen MR) is 48.1 cm³/mol. The van der Waals surface area contributed by atoms with E-state index in [1.54, 1.807) is 0 Å². The average molecular weight is 437 g/mol. The largest absolute Gasteiger partial charge is 0.525 e. The summed E-state index contributed by atoms with van der Waals surface area (Å²) in [6.07, 6.45) is 0. The summed E-state index contributed by atoms with van der Waals surface area (Å²) in [6.45, 7) is 8.01. The summed E-state index contributed by atoms with van der Waals surface area (Å²) in [5, 5.41) is 0. The minimum Gasteiger partial charge on any atom is -0.525 e. The maximum atomic E-state index is 5.18. The van der Waals surface area contributed by atoms with Crippen LogP contribution in [0.2, 0.25) is 0 Å². The van der Waals surface area contributed by atoms with E-state index in [0.717, 1.165) is 11.5 Å². The molecule has 0 unspecified atom stereocenters. The van der Waals surface area contributed by atoms with Crippen molar-refractivity contribution < 1.29 is 63.2 Å². The summed E-state index contributed by atoms with van der Waals surface area (Å²) in [4.78, 5) is 0. The molecule has 0 heterocycles. The zero-order chi connectivity index (χ0) is 8.81. The summed E-state index contributed by atoms with van der Waals surface area (Å²) in [5.41, 5.74) is 0. The molecular formula is C10H12O2WY-2. The van der Waals surface area contributed by atoms with Crippen LogP contribution in [0.5, 0.6) is 11.5 Å². The number of hydrogen-bond acceptors (Lipinski definition) is 2. The molecule has 0 bridgehead atoms. The van der Waals surface area contributed by atoms with Crippen molar-refractivity contribution in [3.05, 3.63) is 38.1 Å². The Bertz CT molecular complexity index is 222. The van der Waals surface area contributed by atoms with Gasteiger partial charge in [-0.2, -0.15) is 0 Å². The summed E-state index contributed by atoms with van der Waals surface area (Å²) < 4.78 is 10.4. The van der Waals surface area contributed by atoms with E-state index in [4.69, 9.17) is 9.47 Å². The third-order valence-corrected chi connectivity index (χ3v) is 1.34. The topological polar surface area (TPSA) is 18.5 Å². The third-order valence-electron chi connectivity index (χ3n) is 1.34. The van der Waals surface area contributed by atoms with Crippen LogP contribution in [0.25, 0.3) is 0 Å². The minimum absolute atomic E-state index is 0. The van der Waals surface area contributed by atoms with E-state index in [2.05, 4.69) is 13.8 Å². The normalized spacial score (nSPS) is 8.14. The Labute approximate surface area is 125 Å². The van der Waals surface area contributed by atoms with Gasteiger partial charge in [-0.15, -0.1) is 0 Å². The standard InChI is InChI=1S/C10H12O2.W.Y/c1-3-11-9-6-5-7-10(8-9)12-4-2;;/h5-8H,1-4H2;;/q-2;;. The van der Waals surface area contributed by atoms with Gasteiger partial charge in [-0.3, -0.25) is 0 Å². The second-order valence-corrected chi connectivity index (χ2v) is 2.17. The molecule has 0 aliphatic carbocycles. The van der Waals surface area contributed by atoms with Crippen molar-refractivity contribution in [1.29, 1.82) is 0 Å². The summed E-state index contributed by atoms with van der Waals surface area (Å²) in [7, 11) is 0. The first-order chi connectivity index (χ1) is 5.86. The fraction of sp³-hybridized carbons (Fsp3) is 0.200. The first-order valence-electron chi connectivity index (χ1n) is 3.81. The molecule has 1 aromatic carbocycles. The van der Waals surface area contributed by atoms with Gasteiger partial charge < -0.3 is 23.3 Å². The number of ether oxygens (including phenoxy) is 2. The van der Waals surface area contributed by atoms with Crippen molar-refractivity contribution >= 4 is 0 Å². The third kappa shape index (κ3) is 6.16. The van der Waals surface area contributed by atoms with E-state index in [9.17, 15) is 0 Å². The Kier molecular flexibility index (Phi) is 12.3. The molecule has 0 saturated carbocycles. The van der Waals surface area contributed by atoms with Crippen molar-refractivity contribution in [2.75, 3.05) is 13.2 Å². The van der Waals surface area contributed by atoms with Gasteiger partial charge >= 0.3 is 0 Å². The van der Waals surface area contributed by atoms with Gasteiger partial charge in [0.05, 0.1) is 0 Å². The number of benzene rings is 1. The SMILES string of the molecule is [CH2-]COc1cccc(OC[CH2-])c1.[W].[Y]. The van der Waals surface area contributed by atoms with Gasteiger partial charge in [-0.05, 0) is 25.3 Å². The molecule has 1 rings (SSSR count). The summed E-state index contributed by atoms with van der Waals surface area (Å²) in [6, 6.07) is 7.41. The van der Waals surface area contributed by atoms with Crippen LogP contribution in [0.1, 0.15) is 0 Å². The van der Waals surface area contributed by atoms with E-state index in [0.29, 0.717) is 13.2 Å². The van der Waals surface area contributed by atoms with Crippen LogP contribution in [0, 0.1) is 13.8 Å². The summed E-state index contributed by atoms with van der Waals surface area (Å²) in [5.74, 6) is 1.55. The van der Waals surface area contributed by atoms with Crippen LogP contribution in [-0.4, -0.2) is 13.2 Å². The Hall–Kier alpha value is 0.612. The second-order valence-electron chi connectivity index (χ2n) is 2.17. The molecule has 4 heteroatoms. The zero-order valence-corrected chi connectivity index (χ0v) is 13.7. The molecule has 0 amide bonds. The van der Waals surface area contributed by atoms with Crippen molar-refractivity contribution in [3.8, 4) is 11.5 Å². The predicted octanol–water partition coefficient (Wildman–Crippen LogP) is 2.11. The Morgan fingerprint density at radius 3 is 1.79 bits per heavy atom. The maximum absolute atomic E-state index is 5.18. The van der Waals surface area contributed by atoms with E-state index >= 15 is 0 Å². The molecule has 75 valence electrons.